The molecule has 0 aliphatic heterocycles. The van der Waals surface area contributed by atoms with E-state index >= 15 is 0 Å². The fourth-order valence-electron chi connectivity index (χ4n) is 1.03. The predicted octanol–water partition coefficient (Wildman–Crippen LogP) is 2.28. The van der Waals surface area contributed by atoms with Crippen LogP contribution < -0.4 is 5.73 Å². The zero-order valence-corrected chi connectivity index (χ0v) is 9.74. The van der Waals surface area contributed by atoms with Gasteiger partial charge in [0.1, 0.15) is 0 Å². The van der Waals surface area contributed by atoms with Gasteiger partial charge in [-0.3, -0.25) is 0 Å². The van der Waals surface area contributed by atoms with Crippen molar-refractivity contribution in [3.05, 3.63) is 33.8 Å². The molecule has 0 amide bonds. The summed E-state index contributed by atoms with van der Waals surface area (Å²) in [5, 5.41) is 9.78. The molecule has 2 nitrogen and oxygen atoms in total. The normalized spacial score (nSPS) is 12.0. The maximum absolute atomic E-state index is 8.74. The van der Waals surface area contributed by atoms with Crippen LogP contribution >= 0.6 is 35.6 Å². The summed E-state index contributed by atoms with van der Waals surface area (Å²) in [6.07, 6.45) is 0.605. The highest BCUT2D eigenvalue weighted by atomic mass is 35.5. The van der Waals surface area contributed by atoms with Crippen molar-refractivity contribution in [2.45, 2.75) is 12.5 Å². The molecule has 0 radical (unpaired) electrons. The molecule has 0 heterocycles. The van der Waals surface area contributed by atoms with E-state index in [9.17, 15) is 0 Å². The number of benzene rings is 1. The first-order valence-electron chi connectivity index (χ1n) is 3.94. The van der Waals surface area contributed by atoms with Crippen molar-refractivity contribution in [2.24, 2.45) is 5.73 Å². The second-order valence-corrected chi connectivity index (χ2v) is 3.71. The maximum atomic E-state index is 8.74. The average Bonchev–Trinajstić information content (AvgIpc) is 2.11. The van der Waals surface area contributed by atoms with Gasteiger partial charge in [0.05, 0.1) is 16.7 Å². The van der Waals surface area contributed by atoms with Gasteiger partial charge < -0.3 is 10.8 Å². The van der Waals surface area contributed by atoms with Gasteiger partial charge in [-0.25, -0.2) is 0 Å². The minimum atomic E-state index is -0.239. The van der Waals surface area contributed by atoms with Crippen LogP contribution in [-0.2, 0) is 6.42 Å². The molecule has 80 valence electrons. The summed E-state index contributed by atoms with van der Waals surface area (Å²) in [7, 11) is 0. The highest BCUT2D eigenvalue weighted by molar-refractivity contribution is 6.42. The zero-order chi connectivity index (χ0) is 9.84. The highest BCUT2D eigenvalue weighted by Gasteiger charge is 2.04. The molecule has 0 saturated carbocycles. The molecule has 1 aromatic carbocycles. The van der Waals surface area contributed by atoms with Gasteiger partial charge in [-0.05, 0) is 24.1 Å². The van der Waals surface area contributed by atoms with Crippen molar-refractivity contribution in [3.63, 3.8) is 0 Å². The largest absolute Gasteiger partial charge is 0.395 e. The summed E-state index contributed by atoms with van der Waals surface area (Å²) >= 11 is 11.5. The molecule has 0 saturated heterocycles. The SMILES string of the molecule is Cl.NC(CO)Cc1ccc(Cl)c(Cl)c1. The lowest BCUT2D eigenvalue weighted by molar-refractivity contribution is 0.265. The van der Waals surface area contributed by atoms with E-state index in [0.29, 0.717) is 16.5 Å². The Morgan fingerprint density at radius 3 is 2.43 bits per heavy atom. The van der Waals surface area contributed by atoms with Crippen LogP contribution in [0.15, 0.2) is 18.2 Å². The first-order valence-corrected chi connectivity index (χ1v) is 4.69. The van der Waals surface area contributed by atoms with E-state index in [1.165, 1.54) is 0 Å². The summed E-state index contributed by atoms with van der Waals surface area (Å²) in [4.78, 5) is 0. The summed E-state index contributed by atoms with van der Waals surface area (Å²) < 4.78 is 0. The van der Waals surface area contributed by atoms with Gasteiger partial charge in [0.25, 0.3) is 0 Å². The van der Waals surface area contributed by atoms with Crippen molar-refractivity contribution in [2.75, 3.05) is 6.61 Å². The van der Waals surface area contributed by atoms with Gasteiger partial charge in [0, 0.05) is 6.04 Å². The summed E-state index contributed by atoms with van der Waals surface area (Å²) in [5.41, 5.74) is 6.55. The van der Waals surface area contributed by atoms with Gasteiger partial charge in [-0.1, -0.05) is 29.3 Å². The monoisotopic (exact) mass is 255 g/mol. The third-order valence-electron chi connectivity index (χ3n) is 1.72. The van der Waals surface area contributed by atoms with Crippen LogP contribution in [0.1, 0.15) is 5.56 Å². The molecule has 0 aromatic heterocycles. The molecule has 0 bridgehead atoms. The van der Waals surface area contributed by atoms with Gasteiger partial charge in [-0.2, -0.15) is 0 Å². The van der Waals surface area contributed by atoms with Gasteiger partial charge >= 0.3 is 0 Å². The number of hydrogen-bond acceptors (Lipinski definition) is 2. The third-order valence-corrected chi connectivity index (χ3v) is 2.46. The molecule has 3 N–H and O–H groups in total. The molecule has 5 heteroatoms. The molecule has 1 rings (SSSR count). The number of hydrogen-bond donors (Lipinski definition) is 2. The lowest BCUT2D eigenvalue weighted by Gasteiger charge is -2.08. The van der Waals surface area contributed by atoms with Crippen molar-refractivity contribution in [1.82, 2.24) is 0 Å². The van der Waals surface area contributed by atoms with E-state index in [4.69, 9.17) is 34.0 Å². The molecule has 1 atom stereocenters. The topological polar surface area (TPSA) is 46.2 Å². The standard InChI is InChI=1S/C9H11Cl2NO.ClH/c10-8-2-1-6(4-9(8)11)3-7(12)5-13;/h1-2,4,7,13H,3,5,12H2;1H. The summed E-state index contributed by atoms with van der Waals surface area (Å²) in [5.74, 6) is 0. The average molecular weight is 257 g/mol. The predicted molar refractivity (Wildman–Crippen MR) is 62.5 cm³/mol. The van der Waals surface area contributed by atoms with Crippen molar-refractivity contribution >= 4 is 35.6 Å². The van der Waals surface area contributed by atoms with Crippen LogP contribution in [0, 0.1) is 0 Å². The highest BCUT2D eigenvalue weighted by Crippen LogP contribution is 2.22. The zero-order valence-electron chi connectivity index (χ0n) is 7.41. The Morgan fingerprint density at radius 2 is 1.93 bits per heavy atom. The van der Waals surface area contributed by atoms with Gasteiger partial charge in [-0.15, -0.1) is 12.4 Å². The molecule has 0 aliphatic rings. The molecule has 1 aromatic rings. The fraction of sp³-hybridized carbons (Fsp3) is 0.333. The first kappa shape index (κ1) is 14.0. The van der Waals surface area contributed by atoms with E-state index in [-0.39, 0.29) is 25.1 Å². The molecule has 1 unspecified atom stereocenters. The molecule has 14 heavy (non-hydrogen) atoms. The van der Waals surface area contributed by atoms with E-state index in [1.54, 1.807) is 12.1 Å². The Bertz CT molecular complexity index is 293. The van der Waals surface area contributed by atoms with Crippen LogP contribution in [0.2, 0.25) is 10.0 Å². The van der Waals surface area contributed by atoms with E-state index in [0.717, 1.165) is 5.56 Å². The van der Waals surface area contributed by atoms with Crippen molar-refractivity contribution < 1.29 is 5.11 Å². The van der Waals surface area contributed by atoms with E-state index in [1.807, 2.05) is 6.07 Å². The molecular weight excluding hydrogens is 244 g/mol. The number of nitrogens with two attached hydrogens (primary N) is 1. The van der Waals surface area contributed by atoms with Crippen molar-refractivity contribution in [1.29, 1.82) is 0 Å². The lowest BCUT2D eigenvalue weighted by Crippen LogP contribution is -2.26. The Hall–Kier alpha value is 0.01000. The van der Waals surface area contributed by atoms with Crippen LogP contribution in [0.4, 0.5) is 0 Å². The maximum Gasteiger partial charge on any atom is 0.0595 e. The molecular formula is C9H12Cl3NO. The second-order valence-electron chi connectivity index (χ2n) is 2.90. The molecule has 0 fully saturated rings. The van der Waals surface area contributed by atoms with Crippen molar-refractivity contribution in [3.8, 4) is 0 Å². The fourth-order valence-corrected chi connectivity index (χ4v) is 1.35. The lowest BCUT2D eigenvalue weighted by atomic mass is 10.1. The Labute approximate surface area is 99.4 Å². The Kier molecular flexibility index (Phi) is 6.49. The number of aliphatic hydroxyl groups excluding tert-OH is 1. The van der Waals surface area contributed by atoms with E-state index in [2.05, 4.69) is 0 Å². The van der Waals surface area contributed by atoms with Crippen LogP contribution in [0.25, 0.3) is 0 Å². The third kappa shape index (κ3) is 4.03. The summed E-state index contributed by atoms with van der Waals surface area (Å²) in [6, 6.07) is 5.10. The minimum Gasteiger partial charge on any atom is -0.395 e. The quantitative estimate of drug-likeness (QED) is 0.871. The van der Waals surface area contributed by atoms with Crippen LogP contribution in [0.5, 0.6) is 0 Å². The molecule has 0 aliphatic carbocycles. The smallest absolute Gasteiger partial charge is 0.0595 e. The van der Waals surface area contributed by atoms with Crippen LogP contribution in [0.3, 0.4) is 0 Å². The van der Waals surface area contributed by atoms with Gasteiger partial charge in [0.15, 0.2) is 0 Å². The number of rotatable bonds is 3. The Balaban J connectivity index is 0.00000169. The van der Waals surface area contributed by atoms with E-state index < -0.39 is 0 Å². The van der Waals surface area contributed by atoms with Crippen LogP contribution in [-0.4, -0.2) is 17.8 Å². The second kappa shape index (κ2) is 6.49. The van der Waals surface area contributed by atoms with Gasteiger partial charge in [0.2, 0.25) is 0 Å². The first-order chi connectivity index (χ1) is 6.13. The summed E-state index contributed by atoms with van der Waals surface area (Å²) in [6.45, 7) is -0.0275. The molecule has 0 spiro atoms. The Morgan fingerprint density at radius 1 is 1.29 bits per heavy atom. The minimum absolute atomic E-state index is 0. The number of halogens is 3. The number of aliphatic hydroxyl groups is 1.